The summed E-state index contributed by atoms with van der Waals surface area (Å²) in [5.74, 6) is -1.51. The standard InChI is InChI=1S/C29H30F2N6O2/c1-29(2,3)39-35-25(21-12-8-18(30)14-23(21)31)17-6-10-20(11-7-17)36(4)27-22(16-33)28(38)37(5)24-13-9-19(15-32)34-26(24)27/h8-9,12-14,17,20H,6-7,10-11H2,1-5H3/b35-25+/t17-,20+. The van der Waals surface area contributed by atoms with E-state index < -0.39 is 22.8 Å². The van der Waals surface area contributed by atoms with Gasteiger partial charge in [0.05, 0.1) is 16.9 Å². The first-order chi connectivity index (χ1) is 18.4. The Morgan fingerprint density at radius 1 is 1.13 bits per heavy atom. The maximum absolute atomic E-state index is 14.8. The average molecular weight is 533 g/mol. The summed E-state index contributed by atoms with van der Waals surface area (Å²) in [5, 5.41) is 23.6. The second-order valence-corrected chi connectivity index (χ2v) is 10.8. The molecule has 1 fully saturated rings. The van der Waals surface area contributed by atoms with Crippen molar-refractivity contribution in [3.63, 3.8) is 0 Å². The molecule has 0 N–H and O–H groups in total. The minimum Gasteiger partial charge on any atom is -0.390 e. The number of nitriles is 2. The van der Waals surface area contributed by atoms with Gasteiger partial charge in [0, 0.05) is 37.7 Å². The minimum absolute atomic E-state index is 0.0357. The monoisotopic (exact) mass is 532 g/mol. The van der Waals surface area contributed by atoms with E-state index in [1.54, 1.807) is 13.1 Å². The van der Waals surface area contributed by atoms with Crippen molar-refractivity contribution in [3.8, 4) is 12.1 Å². The fraction of sp³-hybridized carbons (Fsp3) is 0.414. The molecule has 1 aromatic carbocycles. The molecule has 0 aliphatic heterocycles. The molecule has 0 bridgehead atoms. The number of benzene rings is 1. The molecule has 0 unspecified atom stereocenters. The predicted molar refractivity (Wildman–Crippen MR) is 144 cm³/mol. The molecule has 2 heterocycles. The van der Waals surface area contributed by atoms with E-state index >= 15 is 0 Å². The molecule has 4 rings (SSSR count). The number of rotatable bonds is 5. The van der Waals surface area contributed by atoms with Gasteiger partial charge in [-0.1, -0.05) is 5.16 Å². The molecule has 1 saturated carbocycles. The van der Waals surface area contributed by atoms with Crippen LogP contribution >= 0.6 is 0 Å². The van der Waals surface area contributed by atoms with E-state index in [4.69, 9.17) is 4.84 Å². The van der Waals surface area contributed by atoms with E-state index in [0.717, 1.165) is 6.07 Å². The van der Waals surface area contributed by atoms with Gasteiger partial charge in [0.2, 0.25) is 0 Å². The summed E-state index contributed by atoms with van der Waals surface area (Å²) in [6.45, 7) is 5.52. The maximum Gasteiger partial charge on any atom is 0.270 e. The Morgan fingerprint density at radius 2 is 1.82 bits per heavy atom. The van der Waals surface area contributed by atoms with Crippen LogP contribution in [0, 0.1) is 40.2 Å². The zero-order valence-corrected chi connectivity index (χ0v) is 22.6. The predicted octanol–water partition coefficient (Wildman–Crippen LogP) is 5.17. The van der Waals surface area contributed by atoms with Crippen LogP contribution in [-0.2, 0) is 11.9 Å². The zero-order chi connectivity index (χ0) is 28.5. The summed E-state index contributed by atoms with van der Waals surface area (Å²) < 4.78 is 29.8. The highest BCUT2D eigenvalue weighted by Gasteiger charge is 2.32. The fourth-order valence-electron chi connectivity index (χ4n) is 5.05. The Hall–Kier alpha value is -4.31. The number of hydrogen-bond donors (Lipinski definition) is 0. The summed E-state index contributed by atoms with van der Waals surface area (Å²) in [6.07, 6.45) is 2.55. The number of oxime groups is 1. The third kappa shape index (κ3) is 5.61. The Kier molecular flexibility index (Phi) is 7.69. The number of fused-ring (bicyclic) bond motifs is 1. The van der Waals surface area contributed by atoms with E-state index in [9.17, 15) is 24.1 Å². The second kappa shape index (κ2) is 10.8. The van der Waals surface area contributed by atoms with Crippen LogP contribution < -0.4 is 10.5 Å². The van der Waals surface area contributed by atoms with Gasteiger partial charge in [0.25, 0.3) is 5.56 Å². The third-order valence-electron chi connectivity index (χ3n) is 7.05. The molecule has 1 aliphatic rings. The van der Waals surface area contributed by atoms with Crippen LogP contribution in [0.25, 0.3) is 11.0 Å². The first kappa shape index (κ1) is 27.7. The zero-order valence-electron chi connectivity index (χ0n) is 22.6. The Morgan fingerprint density at radius 3 is 2.41 bits per heavy atom. The van der Waals surface area contributed by atoms with E-state index in [-0.39, 0.29) is 28.8 Å². The summed E-state index contributed by atoms with van der Waals surface area (Å²) >= 11 is 0. The summed E-state index contributed by atoms with van der Waals surface area (Å²) in [6, 6.07) is 10.6. The highest BCUT2D eigenvalue weighted by Crippen LogP contribution is 2.36. The van der Waals surface area contributed by atoms with E-state index in [1.165, 1.54) is 22.8 Å². The topological polar surface area (TPSA) is 107 Å². The molecular weight excluding hydrogens is 502 g/mol. The van der Waals surface area contributed by atoms with Crippen LogP contribution in [0.5, 0.6) is 0 Å². The van der Waals surface area contributed by atoms with Crippen molar-refractivity contribution in [2.24, 2.45) is 18.1 Å². The Bertz CT molecular complexity index is 1590. The van der Waals surface area contributed by atoms with Crippen molar-refractivity contribution in [3.05, 3.63) is 69.1 Å². The van der Waals surface area contributed by atoms with Crippen molar-refractivity contribution < 1.29 is 13.6 Å². The molecule has 1 aliphatic carbocycles. The van der Waals surface area contributed by atoms with Gasteiger partial charge in [-0.3, -0.25) is 4.79 Å². The fourth-order valence-corrected chi connectivity index (χ4v) is 5.05. The summed E-state index contributed by atoms with van der Waals surface area (Å²) in [7, 11) is 3.39. The van der Waals surface area contributed by atoms with Crippen molar-refractivity contribution in [2.75, 3.05) is 11.9 Å². The number of halogens is 2. The number of anilines is 1. The number of aryl methyl sites for hydroxylation is 1. The van der Waals surface area contributed by atoms with Crippen LogP contribution in [0.2, 0.25) is 0 Å². The number of nitrogens with zero attached hydrogens (tertiary/aromatic N) is 6. The van der Waals surface area contributed by atoms with Crippen molar-refractivity contribution in [2.45, 2.75) is 58.1 Å². The van der Waals surface area contributed by atoms with Crippen LogP contribution in [0.1, 0.15) is 63.3 Å². The van der Waals surface area contributed by atoms with Crippen molar-refractivity contribution >= 4 is 22.4 Å². The van der Waals surface area contributed by atoms with Crippen LogP contribution in [0.15, 0.2) is 40.3 Å². The molecule has 202 valence electrons. The van der Waals surface area contributed by atoms with E-state index in [2.05, 4.69) is 10.1 Å². The quantitative estimate of drug-likeness (QED) is 0.331. The van der Waals surface area contributed by atoms with Gasteiger partial charge in [-0.05, 0) is 70.7 Å². The van der Waals surface area contributed by atoms with Gasteiger partial charge >= 0.3 is 0 Å². The van der Waals surface area contributed by atoms with Crippen molar-refractivity contribution in [1.82, 2.24) is 9.55 Å². The Labute approximate surface area is 225 Å². The lowest BCUT2D eigenvalue weighted by molar-refractivity contribution is -0.0000722. The first-order valence-corrected chi connectivity index (χ1v) is 12.7. The van der Waals surface area contributed by atoms with Gasteiger partial charge < -0.3 is 14.3 Å². The number of pyridine rings is 2. The lowest BCUT2D eigenvalue weighted by Crippen LogP contribution is -2.39. The lowest BCUT2D eigenvalue weighted by atomic mass is 9.80. The van der Waals surface area contributed by atoms with Gasteiger partial charge in [0.1, 0.15) is 46.1 Å². The molecule has 0 atom stereocenters. The Balaban J connectivity index is 1.67. The van der Waals surface area contributed by atoms with Crippen LogP contribution in [0.4, 0.5) is 14.5 Å². The van der Waals surface area contributed by atoms with Crippen LogP contribution in [-0.4, -0.2) is 34.0 Å². The normalized spacial score (nSPS) is 17.9. The maximum atomic E-state index is 14.8. The molecule has 10 heteroatoms. The third-order valence-corrected chi connectivity index (χ3v) is 7.05. The molecular formula is C29H30F2N6O2. The molecule has 0 saturated heterocycles. The largest absolute Gasteiger partial charge is 0.390 e. The van der Waals surface area contributed by atoms with Gasteiger partial charge in [-0.2, -0.15) is 10.5 Å². The summed E-state index contributed by atoms with van der Waals surface area (Å²) in [4.78, 5) is 25.0. The molecule has 8 nitrogen and oxygen atoms in total. The highest BCUT2D eigenvalue weighted by atomic mass is 19.1. The molecule has 0 radical (unpaired) electrons. The van der Waals surface area contributed by atoms with Gasteiger partial charge in [0.15, 0.2) is 0 Å². The SMILES string of the molecule is Cn1c(=O)c(C#N)c(N(C)[C@H]2CC[C@@H](/C(=N\OC(C)(C)C)c3ccc(F)cc3F)CC2)c2nc(C#N)ccc21. The highest BCUT2D eigenvalue weighted by molar-refractivity contribution is 6.02. The summed E-state index contributed by atoms with van der Waals surface area (Å²) in [5.41, 5.74) is 1.08. The molecule has 0 amide bonds. The van der Waals surface area contributed by atoms with Crippen molar-refractivity contribution in [1.29, 1.82) is 10.5 Å². The molecule has 39 heavy (non-hydrogen) atoms. The molecule has 0 spiro atoms. The number of aromatic nitrogens is 2. The minimum atomic E-state index is -0.699. The van der Waals surface area contributed by atoms with E-state index in [1.807, 2.05) is 44.9 Å². The average Bonchev–Trinajstić information content (AvgIpc) is 2.90. The molecule has 3 aromatic rings. The van der Waals surface area contributed by atoms with E-state index in [0.29, 0.717) is 48.1 Å². The van der Waals surface area contributed by atoms with Crippen LogP contribution in [0.3, 0.4) is 0 Å². The van der Waals surface area contributed by atoms with Gasteiger partial charge in [-0.25, -0.2) is 13.8 Å². The lowest BCUT2D eigenvalue weighted by Gasteiger charge is -2.37. The smallest absolute Gasteiger partial charge is 0.270 e. The molecule has 2 aromatic heterocycles. The second-order valence-electron chi connectivity index (χ2n) is 10.8. The van der Waals surface area contributed by atoms with Gasteiger partial charge in [-0.15, -0.1) is 0 Å². The first-order valence-electron chi connectivity index (χ1n) is 12.7. The number of hydrogen-bond acceptors (Lipinski definition) is 7.